The molecule has 0 saturated heterocycles. The quantitative estimate of drug-likeness (QED) is 0.548. The first kappa shape index (κ1) is 16.2. The van der Waals surface area contributed by atoms with Gasteiger partial charge < -0.3 is 9.26 Å². The summed E-state index contributed by atoms with van der Waals surface area (Å²) in [4.78, 5) is 20.6. The van der Waals surface area contributed by atoms with Gasteiger partial charge in [0.25, 0.3) is 0 Å². The lowest BCUT2D eigenvalue weighted by atomic mass is 10.1. The highest BCUT2D eigenvalue weighted by molar-refractivity contribution is 7.22. The minimum absolute atomic E-state index is 0.131. The SMILES string of the molecule is COc1ccc2nc(/N=C/c3c(-c4ccccc4F)[nH]oc3=O)sc2c1. The van der Waals surface area contributed by atoms with Gasteiger partial charge in [-0.1, -0.05) is 23.5 Å². The molecular formula is C18H12FN3O3S. The molecule has 0 radical (unpaired) electrons. The van der Waals surface area contributed by atoms with Gasteiger partial charge in [0.15, 0.2) is 0 Å². The van der Waals surface area contributed by atoms with Crippen LogP contribution in [-0.4, -0.2) is 23.5 Å². The van der Waals surface area contributed by atoms with Gasteiger partial charge in [-0.3, -0.25) is 0 Å². The average molecular weight is 369 g/mol. The van der Waals surface area contributed by atoms with Crippen molar-refractivity contribution in [1.82, 2.24) is 10.1 Å². The molecule has 0 amide bonds. The van der Waals surface area contributed by atoms with Gasteiger partial charge in [-0.2, -0.15) is 0 Å². The summed E-state index contributed by atoms with van der Waals surface area (Å²) in [6, 6.07) is 11.6. The number of nitrogens with zero attached hydrogens (tertiary/aromatic N) is 2. The number of benzene rings is 2. The number of rotatable bonds is 4. The molecule has 0 spiro atoms. The van der Waals surface area contributed by atoms with Crippen LogP contribution in [0.5, 0.6) is 5.75 Å². The molecule has 0 aliphatic carbocycles. The van der Waals surface area contributed by atoms with Crippen LogP contribution in [0.25, 0.3) is 21.5 Å². The van der Waals surface area contributed by atoms with Gasteiger partial charge in [-0.05, 0) is 30.3 Å². The standard InChI is InChI=1S/C18H12FN3O3S/c1-24-10-6-7-14-15(8-10)26-18(21-14)20-9-12-16(22-25-17(12)23)11-4-2-3-5-13(11)19/h2-9,22H,1H3/b20-9+. The molecule has 0 fully saturated rings. The molecule has 2 heterocycles. The molecular weight excluding hydrogens is 357 g/mol. The van der Waals surface area contributed by atoms with Gasteiger partial charge in [-0.25, -0.2) is 24.3 Å². The Hall–Kier alpha value is -3.26. The van der Waals surface area contributed by atoms with Crippen molar-refractivity contribution in [1.29, 1.82) is 0 Å². The third-order valence-electron chi connectivity index (χ3n) is 3.77. The maximum Gasteiger partial charge on any atom is 0.366 e. The van der Waals surface area contributed by atoms with Gasteiger partial charge in [0.1, 0.15) is 17.1 Å². The van der Waals surface area contributed by atoms with Crippen molar-refractivity contribution in [2.75, 3.05) is 7.11 Å². The van der Waals surface area contributed by atoms with E-state index in [4.69, 9.17) is 9.26 Å². The summed E-state index contributed by atoms with van der Waals surface area (Å²) in [7, 11) is 1.59. The zero-order valence-corrected chi connectivity index (χ0v) is 14.3. The number of methoxy groups -OCH3 is 1. The van der Waals surface area contributed by atoms with E-state index in [9.17, 15) is 9.18 Å². The summed E-state index contributed by atoms with van der Waals surface area (Å²) in [5, 5.41) is 2.92. The van der Waals surface area contributed by atoms with E-state index in [1.54, 1.807) is 25.3 Å². The van der Waals surface area contributed by atoms with Crippen molar-refractivity contribution in [3.8, 4) is 17.0 Å². The number of thiazole rings is 1. The fraction of sp³-hybridized carbons (Fsp3) is 0.0556. The molecule has 26 heavy (non-hydrogen) atoms. The predicted molar refractivity (Wildman–Crippen MR) is 98.1 cm³/mol. The molecule has 2 aromatic heterocycles. The third kappa shape index (κ3) is 2.91. The third-order valence-corrected chi connectivity index (χ3v) is 4.69. The predicted octanol–water partition coefficient (Wildman–Crippen LogP) is 4.14. The summed E-state index contributed by atoms with van der Waals surface area (Å²) in [6.07, 6.45) is 1.33. The van der Waals surface area contributed by atoms with E-state index in [1.165, 1.54) is 23.6 Å². The number of aromatic amines is 1. The van der Waals surface area contributed by atoms with Crippen LogP contribution in [0.1, 0.15) is 5.56 Å². The molecule has 4 aromatic rings. The zero-order chi connectivity index (χ0) is 18.1. The number of halogens is 1. The minimum atomic E-state index is -0.630. The number of fused-ring (bicyclic) bond motifs is 1. The van der Waals surface area contributed by atoms with Crippen molar-refractivity contribution in [2.24, 2.45) is 4.99 Å². The molecule has 0 aliphatic heterocycles. The zero-order valence-electron chi connectivity index (χ0n) is 13.5. The second kappa shape index (κ2) is 6.57. The van der Waals surface area contributed by atoms with Crippen molar-refractivity contribution >= 4 is 32.9 Å². The van der Waals surface area contributed by atoms with E-state index in [2.05, 4.69) is 15.1 Å². The first-order valence-corrected chi connectivity index (χ1v) is 8.42. The molecule has 0 unspecified atom stereocenters. The van der Waals surface area contributed by atoms with E-state index < -0.39 is 11.4 Å². The number of aliphatic imine (C=N–C) groups is 1. The summed E-state index contributed by atoms with van der Waals surface area (Å²) in [5.41, 5.74) is 0.744. The second-order valence-electron chi connectivity index (χ2n) is 5.35. The fourth-order valence-electron chi connectivity index (χ4n) is 2.49. The molecule has 130 valence electrons. The smallest absolute Gasteiger partial charge is 0.366 e. The van der Waals surface area contributed by atoms with Crippen LogP contribution in [0, 0.1) is 5.82 Å². The van der Waals surface area contributed by atoms with Gasteiger partial charge in [0.05, 0.1) is 23.0 Å². The van der Waals surface area contributed by atoms with Crippen LogP contribution in [0.2, 0.25) is 0 Å². The van der Waals surface area contributed by atoms with E-state index in [0.717, 1.165) is 16.0 Å². The Kier molecular flexibility index (Phi) is 4.10. The lowest BCUT2D eigenvalue weighted by Crippen LogP contribution is -2.01. The minimum Gasteiger partial charge on any atom is -0.497 e. The van der Waals surface area contributed by atoms with E-state index in [1.807, 2.05) is 18.2 Å². The summed E-state index contributed by atoms with van der Waals surface area (Å²) in [5.74, 6) is 0.260. The van der Waals surface area contributed by atoms with Gasteiger partial charge in [0, 0.05) is 11.8 Å². The van der Waals surface area contributed by atoms with Crippen molar-refractivity contribution in [3.63, 3.8) is 0 Å². The average Bonchev–Trinajstić information content (AvgIpc) is 3.22. The van der Waals surface area contributed by atoms with Crippen molar-refractivity contribution in [3.05, 3.63) is 64.3 Å². The highest BCUT2D eigenvalue weighted by atomic mass is 32.1. The Bertz CT molecular complexity index is 1180. The van der Waals surface area contributed by atoms with Crippen molar-refractivity contribution in [2.45, 2.75) is 0 Å². The number of hydrogen-bond donors (Lipinski definition) is 1. The van der Waals surface area contributed by atoms with Crippen molar-refractivity contribution < 1.29 is 13.7 Å². The van der Waals surface area contributed by atoms with Crippen LogP contribution < -0.4 is 10.4 Å². The Labute approximate surface area is 150 Å². The first-order valence-electron chi connectivity index (χ1n) is 7.61. The Morgan fingerprint density at radius 2 is 2.15 bits per heavy atom. The number of aromatic nitrogens is 2. The molecule has 0 saturated carbocycles. The second-order valence-corrected chi connectivity index (χ2v) is 6.36. The summed E-state index contributed by atoms with van der Waals surface area (Å²) >= 11 is 1.35. The Morgan fingerprint density at radius 3 is 2.96 bits per heavy atom. The summed E-state index contributed by atoms with van der Waals surface area (Å²) < 4.78 is 24.9. The Balaban J connectivity index is 1.73. The van der Waals surface area contributed by atoms with E-state index in [-0.39, 0.29) is 16.8 Å². The monoisotopic (exact) mass is 369 g/mol. The van der Waals surface area contributed by atoms with Gasteiger partial charge in [0.2, 0.25) is 5.13 Å². The normalized spacial score (nSPS) is 11.5. The number of nitrogens with one attached hydrogen (secondary N) is 1. The molecule has 2 aromatic carbocycles. The highest BCUT2D eigenvalue weighted by Crippen LogP contribution is 2.31. The first-order chi connectivity index (χ1) is 12.7. The molecule has 0 aliphatic rings. The number of H-pyrrole nitrogens is 1. The molecule has 1 N–H and O–H groups in total. The molecule has 0 bridgehead atoms. The lowest BCUT2D eigenvalue weighted by Gasteiger charge is -1.99. The topological polar surface area (TPSA) is 80.5 Å². The summed E-state index contributed by atoms with van der Waals surface area (Å²) in [6.45, 7) is 0. The van der Waals surface area contributed by atoms with E-state index in [0.29, 0.717) is 5.13 Å². The highest BCUT2D eigenvalue weighted by Gasteiger charge is 2.15. The number of hydrogen-bond acceptors (Lipinski definition) is 6. The van der Waals surface area contributed by atoms with Crippen LogP contribution in [0.15, 0.2) is 56.8 Å². The van der Waals surface area contributed by atoms with E-state index >= 15 is 0 Å². The van der Waals surface area contributed by atoms with Gasteiger partial charge >= 0.3 is 5.63 Å². The largest absolute Gasteiger partial charge is 0.497 e. The van der Waals surface area contributed by atoms with Gasteiger partial charge in [-0.15, -0.1) is 0 Å². The number of ether oxygens (including phenoxy) is 1. The van der Waals surface area contributed by atoms with Crippen LogP contribution in [-0.2, 0) is 0 Å². The fourth-order valence-corrected chi connectivity index (χ4v) is 3.32. The van der Waals surface area contributed by atoms with Crippen LogP contribution >= 0.6 is 11.3 Å². The van der Waals surface area contributed by atoms with Crippen LogP contribution in [0.4, 0.5) is 9.52 Å². The lowest BCUT2D eigenvalue weighted by molar-refractivity contribution is 0.393. The van der Waals surface area contributed by atoms with Crippen LogP contribution in [0.3, 0.4) is 0 Å². The molecule has 8 heteroatoms. The molecule has 0 atom stereocenters. The molecule has 4 rings (SSSR count). The molecule has 6 nitrogen and oxygen atoms in total. The Morgan fingerprint density at radius 1 is 1.31 bits per heavy atom. The maximum absolute atomic E-state index is 14.0. The maximum atomic E-state index is 14.0.